The number of thioether (sulfide) groups is 1. The van der Waals surface area contributed by atoms with Gasteiger partial charge in [0.15, 0.2) is 4.34 Å². The Hall–Kier alpha value is -1.42. The maximum atomic E-state index is 9.67. The summed E-state index contributed by atoms with van der Waals surface area (Å²) in [6.07, 6.45) is 2.29. The molecule has 0 spiro atoms. The van der Waals surface area contributed by atoms with Crippen LogP contribution in [0.4, 0.5) is 0 Å². The van der Waals surface area contributed by atoms with Crippen LogP contribution in [0, 0.1) is 11.3 Å². The topological polar surface area (TPSA) is 61.6 Å². The molecule has 0 aliphatic carbocycles. The molecule has 1 atom stereocenters. The zero-order valence-electron chi connectivity index (χ0n) is 11.2. The van der Waals surface area contributed by atoms with Crippen molar-refractivity contribution in [1.29, 1.82) is 5.26 Å². The van der Waals surface area contributed by atoms with E-state index in [4.69, 9.17) is 0 Å². The van der Waals surface area contributed by atoms with Crippen LogP contribution in [0.25, 0.3) is 0 Å². The number of nitriles is 1. The number of benzene rings is 1. The molecule has 20 heavy (non-hydrogen) atoms. The summed E-state index contributed by atoms with van der Waals surface area (Å²) >= 11 is 3.03. The second kappa shape index (κ2) is 7.39. The van der Waals surface area contributed by atoms with E-state index in [1.807, 2.05) is 37.3 Å². The summed E-state index contributed by atoms with van der Waals surface area (Å²) in [7, 11) is 0. The number of hydrogen-bond donors (Lipinski definition) is 1. The molecule has 0 saturated carbocycles. The maximum absolute atomic E-state index is 9.67. The van der Waals surface area contributed by atoms with E-state index in [0.29, 0.717) is 0 Å². The monoisotopic (exact) mass is 304 g/mol. The maximum Gasteiger partial charge on any atom is 0.169 e. The highest BCUT2D eigenvalue weighted by Crippen LogP contribution is 2.28. The van der Waals surface area contributed by atoms with Gasteiger partial charge in [-0.25, -0.2) is 4.98 Å². The van der Waals surface area contributed by atoms with Crippen molar-refractivity contribution in [1.82, 2.24) is 14.7 Å². The number of rotatable bonds is 7. The van der Waals surface area contributed by atoms with Crippen LogP contribution in [0.5, 0.6) is 0 Å². The summed E-state index contributed by atoms with van der Waals surface area (Å²) in [6.45, 7) is 2.78. The Morgan fingerprint density at radius 3 is 2.80 bits per heavy atom. The second-order valence-electron chi connectivity index (χ2n) is 4.22. The molecule has 4 nitrogen and oxygen atoms in total. The highest BCUT2D eigenvalue weighted by atomic mass is 32.2. The predicted molar refractivity (Wildman–Crippen MR) is 82.7 cm³/mol. The van der Waals surface area contributed by atoms with E-state index >= 15 is 0 Å². The SMILES string of the molecule is CCNC(C#N)(CCSc1ncns1)c1ccccc1. The molecule has 6 heteroatoms. The lowest BCUT2D eigenvalue weighted by Crippen LogP contribution is -2.41. The van der Waals surface area contributed by atoms with E-state index in [0.717, 1.165) is 28.6 Å². The van der Waals surface area contributed by atoms with Gasteiger partial charge in [-0.3, -0.25) is 5.32 Å². The van der Waals surface area contributed by atoms with Crippen LogP contribution in [-0.2, 0) is 5.54 Å². The third kappa shape index (κ3) is 3.57. The first-order valence-corrected chi connectivity index (χ1v) is 8.18. The van der Waals surface area contributed by atoms with Crippen molar-refractivity contribution in [3.8, 4) is 6.07 Å². The molecule has 0 amide bonds. The molecule has 1 heterocycles. The second-order valence-corrected chi connectivity index (χ2v) is 6.34. The Balaban J connectivity index is 2.09. The molecule has 0 radical (unpaired) electrons. The van der Waals surface area contributed by atoms with Crippen molar-refractivity contribution in [3.05, 3.63) is 42.2 Å². The summed E-state index contributed by atoms with van der Waals surface area (Å²) in [4.78, 5) is 4.15. The number of nitrogens with one attached hydrogen (secondary N) is 1. The number of nitrogens with zero attached hydrogens (tertiary/aromatic N) is 3. The lowest BCUT2D eigenvalue weighted by atomic mass is 9.88. The summed E-state index contributed by atoms with van der Waals surface area (Å²) in [5.74, 6) is 0.824. The van der Waals surface area contributed by atoms with Gasteiger partial charge in [0.25, 0.3) is 0 Å². The minimum Gasteiger partial charge on any atom is -0.296 e. The Morgan fingerprint density at radius 2 is 2.20 bits per heavy atom. The fraction of sp³-hybridized carbons (Fsp3) is 0.357. The van der Waals surface area contributed by atoms with E-state index in [9.17, 15) is 5.26 Å². The molecule has 1 unspecified atom stereocenters. The van der Waals surface area contributed by atoms with Crippen LogP contribution < -0.4 is 5.32 Å². The van der Waals surface area contributed by atoms with Gasteiger partial charge < -0.3 is 0 Å². The molecule has 0 bridgehead atoms. The highest BCUT2D eigenvalue weighted by Gasteiger charge is 2.30. The molecular formula is C14H16N4S2. The third-order valence-electron chi connectivity index (χ3n) is 2.98. The van der Waals surface area contributed by atoms with Crippen molar-refractivity contribution in [3.63, 3.8) is 0 Å². The molecule has 0 aliphatic heterocycles. The van der Waals surface area contributed by atoms with Crippen molar-refractivity contribution < 1.29 is 0 Å². The smallest absolute Gasteiger partial charge is 0.169 e. The van der Waals surface area contributed by atoms with E-state index < -0.39 is 5.54 Å². The molecule has 104 valence electrons. The van der Waals surface area contributed by atoms with E-state index in [1.54, 1.807) is 18.1 Å². The van der Waals surface area contributed by atoms with Crippen molar-refractivity contribution in [2.45, 2.75) is 23.2 Å². The van der Waals surface area contributed by atoms with E-state index in [-0.39, 0.29) is 0 Å². The average molecular weight is 304 g/mol. The summed E-state index contributed by atoms with van der Waals surface area (Å²) < 4.78 is 4.93. The fourth-order valence-corrected chi connectivity index (χ4v) is 3.61. The molecule has 0 saturated heterocycles. The van der Waals surface area contributed by atoms with Gasteiger partial charge in [0.2, 0.25) is 0 Å². The molecule has 1 aromatic heterocycles. The lowest BCUT2D eigenvalue weighted by Gasteiger charge is -2.27. The first kappa shape index (κ1) is 15.0. The Morgan fingerprint density at radius 1 is 1.40 bits per heavy atom. The van der Waals surface area contributed by atoms with Crippen molar-refractivity contribution in [2.75, 3.05) is 12.3 Å². The van der Waals surface area contributed by atoms with Crippen LogP contribution in [0.2, 0.25) is 0 Å². The van der Waals surface area contributed by atoms with Gasteiger partial charge in [-0.05, 0) is 30.1 Å². The normalized spacial score (nSPS) is 13.6. The molecule has 1 aromatic carbocycles. The fourth-order valence-electron chi connectivity index (χ4n) is 2.04. The van der Waals surface area contributed by atoms with Crippen LogP contribution in [-0.4, -0.2) is 21.7 Å². The van der Waals surface area contributed by atoms with Gasteiger partial charge in [-0.2, -0.15) is 9.64 Å². The zero-order valence-corrected chi connectivity index (χ0v) is 12.9. The van der Waals surface area contributed by atoms with Crippen LogP contribution in [0.1, 0.15) is 18.9 Å². The quantitative estimate of drug-likeness (QED) is 0.797. The molecule has 2 aromatic rings. The van der Waals surface area contributed by atoms with Gasteiger partial charge in [-0.15, -0.1) is 0 Å². The predicted octanol–water partition coefficient (Wildman–Crippen LogP) is 3.05. The zero-order chi connectivity index (χ0) is 14.3. The van der Waals surface area contributed by atoms with Crippen LogP contribution >= 0.6 is 23.3 Å². The van der Waals surface area contributed by atoms with Gasteiger partial charge >= 0.3 is 0 Å². The van der Waals surface area contributed by atoms with E-state index in [2.05, 4.69) is 20.7 Å². The lowest BCUT2D eigenvalue weighted by molar-refractivity contribution is 0.428. The average Bonchev–Trinajstić information content (AvgIpc) is 3.00. The largest absolute Gasteiger partial charge is 0.296 e. The Kier molecular flexibility index (Phi) is 5.53. The van der Waals surface area contributed by atoms with Crippen LogP contribution in [0.15, 0.2) is 41.0 Å². The molecule has 0 fully saturated rings. The van der Waals surface area contributed by atoms with Gasteiger partial charge in [0.1, 0.15) is 11.9 Å². The minimum absolute atomic E-state index is 0.631. The van der Waals surface area contributed by atoms with Crippen molar-refractivity contribution in [2.24, 2.45) is 0 Å². The molecular weight excluding hydrogens is 288 g/mol. The first-order chi connectivity index (χ1) is 9.80. The molecule has 2 rings (SSSR count). The third-order valence-corrected chi connectivity index (χ3v) is 4.78. The van der Waals surface area contributed by atoms with Gasteiger partial charge in [0.05, 0.1) is 6.07 Å². The Bertz CT molecular complexity index is 550. The Labute approximate surface area is 127 Å². The first-order valence-electron chi connectivity index (χ1n) is 6.42. The van der Waals surface area contributed by atoms with Crippen LogP contribution in [0.3, 0.4) is 0 Å². The van der Waals surface area contributed by atoms with E-state index in [1.165, 1.54) is 11.5 Å². The number of hydrogen-bond acceptors (Lipinski definition) is 6. The minimum atomic E-state index is -0.631. The summed E-state index contributed by atoms with van der Waals surface area (Å²) in [5, 5.41) is 13.0. The van der Waals surface area contributed by atoms with Crippen molar-refractivity contribution >= 4 is 23.3 Å². The molecule has 0 aliphatic rings. The highest BCUT2D eigenvalue weighted by molar-refractivity contribution is 8.00. The summed E-state index contributed by atoms with van der Waals surface area (Å²) in [5.41, 5.74) is 0.385. The van der Waals surface area contributed by atoms with Gasteiger partial charge in [0, 0.05) is 5.75 Å². The molecule has 1 N–H and O–H groups in total. The van der Waals surface area contributed by atoms with Gasteiger partial charge in [-0.1, -0.05) is 49.0 Å². The number of aromatic nitrogens is 2. The summed E-state index contributed by atoms with van der Waals surface area (Å²) in [6, 6.07) is 12.4. The standard InChI is InChI=1S/C14H16N4S2/c1-2-17-14(10-15,12-6-4-3-5-7-12)8-9-19-13-16-11-18-20-13/h3-7,11,17H,2,8-9H2,1H3.